The number of hydrogen-bond donors (Lipinski definition) is 3. The highest BCUT2D eigenvalue weighted by Crippen LogP contribution is 2.34. The van der Waals surface area contributed by atoms with Crippen molar-refractivity contribution in [3.8, 4) is 34.5 Å². The minimum absolute atomic E-state index is 0.00558. The molecule has 0 radical (unpaired) electrons. The lowest BCUT2D eigenvalue weighted by Crippen LogP contribution is -2.11. The standard InChI is InChI=1S/C38H42O9/c1-8-10-28-18-31(46-37(43)23(4)5)19-29(35(28)41)12-9-11-27-20-33(40)26(21-34(27)47-38(44)24(6)7)14-13-25-17-30(15-16-32(25)39)45-36(42)22(2)3/h15-21,39-41H,2,4,6,8-14H2,1,3,5,7H3. The maximum atomic E-state index is 12.5. The maximum absolute atomic E-state index is 12.5. The Bertz CT molecular complexity index is 1710. The Labute approximate surface area is 275 Å². The summed E-state index contributed by atoms with van der Waals surface area (Å²) in [7, 11) is 0. The zero-order valence-corrected chi connectivity index (χ0v) is 27.4. The molecule has 0 spiro atoms. The molecule has 9 nitrogen and oxygen atoms in total. The van der Waals surface area contributed by atoms with E-state index in [1.807, 2.05) is 6.92 Å². The van der Waals surface area contributed by atoms with Crippen molar-refractivity contribution in [3.05, 3.63) is 107 Å². The molecule has 0 saturated carbocycles. The first kappa shape index (κ1) is 36.2. The topological polar surface area (TPSA) is 140 Å². The van der Waals surface area contributed by atoms with Crippen LogP contribution in [0.5, 0.6) is 34.5 Å². The molecule has 0 heterocycles. The van der Waals surface area contributed by atoms with Crippen molar-refractivity contribution in [1.82, 2.24) is 0 Å². The van der Waals surface area contributed by atoms with E-state index in [1.54, 1.807) is 31.2 Å². The van der Waals surface area contributed by atoms with Crippen LogP contribution >= 0.6 is 0 Å². The number of phenolic OH excluding ortho intramolecular Hbond substituents is 3. The van der Waals surface area contributed by atoms with E-state index < -0.39 is 17.9 Å². The third-order valence-electron chi connectivity index (χ3n) is 7.30. The summed E-state index contributed by atoms with van der Waals surface area (Å²) >= 11 is 0. The average Bonchev–Trinajstić information content (AvgIpc) is 3.00. The molecule has 3 aromatic rings. The van der Waals surface area contributed by atoms with Crippen molar-refractivity contribution in [1.29, 1.82) is 0 Å². The molecule has 0 aromatic heterocycles. The number of rotatable bonds is 15. The van der Waals surface area contributed by atoms with Crippen molar-refractivity contribution in [3.63, 3.8) is 0 Å². The minimum atomic E-state index is -0.624. The third kappa shape index (κ3) is 10.1. The van der Waals surface area contributed by atoms with Gasteiger partial charge in [-0.2, -0.15) is 0 Å². The first-order valence-electron chi connectivity index (χ1n) is 15.3. The monoisotopic (exact) mass is 642 g/mol. The van der Waals surface area contributed by atoms with Gasteiger partial charge < -0.3 is 29.5 Å². The Morgan fingerprint density at radius 1 is 0.574 bits per heavy atom. The summed E-state index contributed by atoms with van der Waals surface area (Å²) in [5.41, 5.74) is 3.47. The second-order valence-electron chi connectivity index (χ2n) is 11.6. The lowest BCUT2D eigenvalue weighted by Gasteiger charge is -2.16. The van der Waals surface area contributed by atoms with Crippen molar-refractivity contribution in [2.45, 2.75) is 72.6 Å². The van der Waals surface area contributed by atoms with Crippen LogP contribution in [0.4, 0.5) is 0 Å². The van der Waals surface area contributed by atoms with Gasteiger partial charge in [-0.3, -0.25) is 0 Å². The predicted octanol–water partition coefficient (Wildman–Crippen LogP) is 7.16. The van der Waals surface area contributed by atoms with Crippen molar-refractivity contribution < 1.29 is 43.9 Å². The molecule has 3 rings (SSSR count). The predicted molar refractivity (Wildman–Crippen MR) is 179 cm³/mol. The Morgan fingerprint density at radius 2 is 1.06 bits per heavy atom. The SMILES string of the molecule is C=C(C)C(=O)Oc1ccc(O)c(CCc2cc(OC(=O)C(=C)C)c(CCCc3cc(OC(=O)C(=C)C)cc(CCC)c3O)cc2O)c1. The lowest BCUT2D eigenvalue weighted by molar-refractivity contribution is -0.131. The minimum Gasteiger partial charge on any atom is -0.508 e. The van der Waals surface area contributed by atoms with E-state index in [4.69, 9.17) is 14.2 Å². The summed E-state index contributed by atoms with van der Waals surface area (Å²) < 4.78 is 16.4. The number of esters is 3. The van der Waals surface area contributed by atoms with E-state index in [2.05, 4.69) is 19.7 Å². The van der Waals surface area contributed by atoms with Crippen LogP contribution in [0, 0.1) is 0 Å². The van der Waals surface area contributed by atoms with Crippen molar-refractivity contribution in [2.75, 3.05) is 0 Å². The number of aryl methyl sites for hydroxylation is 5. The van der Waals surface area contributed by atoms with Crippen LogP contribution in [-0.4, -0.2) is 33.2 Å². The van der Waals surface area contributed by atoms with Gasteiger partial charge in [0.25, 0.3) is 0 Å². The summed E-state index contributed by atoms with van der Waals surface area (Å²) in [6, 6.07) is 10.8. The van der Waals surface area contributed by atoms with Gasteiger partial charge in [-0.1, -0.05) is 33.1 Å². The van der Waals surface area contributed by atoms with Gasteiger partial charge in [0, 0.05) is 16.7 Å². The van der Waals surface area contributed by atoms with Crippen LogP contribution in [-0.2, 0) is 46.5 Å². The largest absolute Gasteiger partial charge is 0.508 e. The molecule has 0 saturated heterocycles. The Balaban J connectivity index is 1.84. The van der Waals surface area contributed by atoms with Gasteiger partial charge in [-0.05, 0) is 130 Å². The zero-order chi connectivity index (χ0) is 34.8. The van der Waals surface area contributed by atoms with Crippen molar-refractivity contribution >= 4 is 17.9 Å². The fraction of sp³-hybridized carbons (Fsp3) is 0.289. The number of phenols is 3. The highest BCUT2D eigenvalue weighted by Gasteiger charge is 2.18. The highest BCUT2D eigenvalue weighted by atomic mass is 16.5. The van der Waals surface area contributed by atoms with E-state index in [0.717, 1.165) is 6.42 Å². The molecule has 0 aliphatic rings. The quantitative estimate of drug-likeness (QED) is 0.0895. The molecule has 0 bridgehead atoms. The van der Waals surface area contributed by atoms with Gasteiger partial charge >= 0.3 is 17.9 Å². The number of benzene rings is 3. The Hall–Kier alpha value is -5.31. The molecule has 248 valence electrons. The summed E-state index contributed by atoms with van der Waals surface area (Å²) in [5, 5.41) is 32.3. The molecule has 3 N–H and O–H groups in total. The van der Waals surface area contributed by atoms with E-state index in [9.17, 15) is 29.7 Å². The van der Waals surface area contributed by atoms with E-state index >= 15 is 0 Å². The van der Waals surface area contributed by atoms with E-state index in [1.165, 1.54) is 32.0 Å². The Morgan fingerprint density at radius 3 is 1.64 bits per heavy atom. The second kappa shape index (κ2) is 16.3. The normalized spacial score (nSPS) is 10.6. The summed E-state index contributed by atoms with van der Waals surface area (Å²) in [5.74, 6) is -0.856. The van der Waals surface area contributed by atoms with Gasteiger partial charge in [0.05, 0.1) is 0 Å². The number of aromatic hydroxyl groups is 3. The average molecular weight is 643 g/mol. The fourth-order valence-electron chi connectivity index (χ4n) is 4.72. The first-order valence-corrected chi connectivity index (χ1v) is 15.3. The van der Waals surface area contributed by atoms with Crippen LogP contribution in [0.1, 0.15) is 68.4 Å². The van der Waals surface area contributed by atoms with Gasteiger partial charge in [-0.25, -0.2) is 14.4 Å². The van der Waals surface area contributed by atoms with E-state index in [0.29, 0.717) is 59.3 Å². The molecular formula is C38H42O9. The number of carbonyl (C=O) groups is 3. The van der Waals surface area contributed by atoms with Gasteiger partial charge in [0.2, 0.25) is 0 Å². The molecule has 9 heteroatoms. The second-order valence-corrected chi connectivity index (χ2v) is 11.6. The van der Waals surface area contributed by atoms with Crippen LogP contribution in [0.25, 0.3) is 0 Å². The summed E-state index contributed by atoms with van der Waals surface area (Å²) in [6.07, 6.45) is 3.19. The molecule has 3 aromatic carbocycles. The summed E-state index contributed by atoms with van der Waals surface area (Å²) in [6.45, 7) is 17.4. The van der Waals surface area contributed by atoms with Crippen molar-refractivity contribution in [2.24, 2.45) is 0 Å². The molecule has 0 aliphatic carbocycles. The van der Waals surface area contributed by atoms with Crippen LogP contribution in [0.3, 0.4) is 0 Å². The molecule has 47 heavy (non-hydrogen) atoms. The van der Waals surface area contributed by atoms with E-state index in [-0.39, 0.29) is 58.3 Å². The fourth-order valence-corrected chi connectivity index (χ4v) is 4.72. The Kier molecular flexibility index (Phi) is 12.5. The molecule has 0 atom stereocenters. The molecule has 0 amide bonds. The van der Waals surface area contributed by atoms with Crippen LogP contribution in [0.15, 0.2) is 78.9 Å². The number of hydrogen-bond acceptors (Lipinski definition) is 9. The maximum Gasteiger partial charge on any atom is 0.338 e. The van der Waals surface area contributed by atoms with Crippen LogP contribution in [0.2, 0.25) is 0 Å². The third-order valence-corrected chi connectivity index (χ3v) is 7.30. The molecule has 0 aliphatic heterocycles. The van der Waals surface area contributed by atoms with Gasteiger partial charge in [0.1, 0.15) is 34.5 Å². The number of carbonyl (C=O) groups excluding carboxylic acids is 3. The lowest BCUT2D eigenvalue weighted by atomic mass is 9.96. The smallest absolute Gasteiger partial charge is 0.338 e. The summed E-state index contributed by atoms with van der Waals surface area (Å²) in [4.78, 5) is 36.6. The van der Waals surface area contributed by atoms with Crippen LogP contribution < -0.4 is 14.2 Å². The zero-order valence-electron chi connectivity index (χ0n) is 27.4. The first-order chi connectivity index (χ1) is 22.2. The van der Waals surface area contributed by atoms with Gasteiger partial charge in [-0.15, -0.1) is 0 Å². The molecule has 0 unspecified atom stereocenters. The molecular weight excluding hydrogens is 600 g/mol. The number of ether oxygens (including phenoxy) is 3. The van der Waals surface area contributed by atoms with Gasteiger partial charge in [0.15, 0.2) is 0 Å². The molecule has 0 fully saturated rings. The highest BCUT2D eigenvalue weighted by molar-refractivity contribution is 5.90.